The van der Waals surface area contributed by atoms with Crippen molar-refractivity contribution in [3.8, 4) is 5.75 Å². The number of aliphatic hydroxyl groups is 1. The number of ether oxygens (including phenoxy) is 1. The number of para-hydroxylation sites is 2. The third-order valence-electron chi connectivity index (χ3n) is 3.14. The van der Waals surface area contributed by atoms with Crippen molar-refractivity contribution in [2.24, 2.45) is 0 Å². The molecule has 0 spiro atoms. The molecule has 21 heavy (non-hydrogen) atoms. The zero-order valence-corrected chi connectivity index (χ0v) is 12.8. The minimum absolute atomic E-state index is 0.0277. The summed E-state index contributed by atoms with van der Waals surface area (Å²) < 4.78 is 36.9. The van der Waals surface area contributed by atoms with Crippen molar-refractivity contribution in [1.29, 1.82) is 0 Å². The first-order chi connectivity index (χ1) is 9.91. The first-order valence-corrected chi connectivity index (χ1v) is 7.68. The average molecular weight is 311 g/mol. The lowest BCUT2D eigenvalue weighted by molar-refractivity contribution is 0.244. The lowest BCUT2D eigenvalue weighted by atomic mass is 10.3. The Balaban J connectivity index is 2.50. The zero-order valence-electron chi connectivity index (χ0n) is 12.0. The number of anilines is 1. The van der Waals surface area contributed by atoms with Gasteiger partial charge in [-0.1, -0.05) is 12.1 Å². The number of sulfonamides is 1. The Kier molecular flexibility index (Phi) is 4.24. The Labute approximate surface area is 123 Å². The van der Waals surface area contributed by atoms with E-state index in [1.165, 1.54) is 20.2 Å². The van der Waals surface area contributed by atoms with Crippen LogP contribution in [0.1, 0.15) is 11.5 Å². The molecule has 0 unspecified atom stereocenters. The van der Waals surface area contributed by atoms with Crippen molar-refractivity contribution < 1.29 is 22.7 Å². The molecule has 0 aliphatic rings. The molecule has 114 valence electrons. The number of hydrogen-bond acceptors (Lipinski definition) is 5. The minimum Gasteiger partial charge on any atom is -0.495 e. The molecule has 0 bridgehead atoms. The Hall–Kier alpha value is -1.99. The van der Waals surface area contributed by atoms with Crippen molar-refractivity contribution in [1.82, 2.24) is 0 Å². The fourth-order valence-electron chi connectivity index (χ4n) is 2.03. The smallest absolute Gasteiger partial charge is 0.267 e. The molecule has 2 aromatic rings. The van der Waals surface area contributed by atoms with Gasteiger partial charge in [-0.05, 0) is 19.1 Å². The van der Waals surface area contributed by atoms with Crippen LogP contribution < -0.4 is 9.04 Å². The number of methoxy groups -OCH3 is 1. The molecular weight excluding hydrogens is 294 g/mol. The molecule has 1 aromatic carbocycles. The summed E-state index contributed by atoms with van der Waals surface area (Å²) in [7, 11) is -0.875. The van der Waals surface area contributed by atoms with Gasteiger partial charge in [0.05, 0.1) is 12.8 Å². The molecule has 2 rings (SSSR count). The first kappa shape index (κ1) is 15.4. The number of benzene rings is 1. The van der Waals surface area contributed by atoms with Gasteiger partial charge in [0.2, 0.25) is 0 Å². The molecule has 1 aromatic heterocycles. The molecule has 0 fully saturated rings. The highest BCUT2D eigenvalue weighted by Crippen LogP contribution is 2.32. The van der Waals surface area contributed by atoms with Crippen LogP contribution in [0.25, 0.3) is 0 Å². The number of aryl methyl sites for hydroxylation is 1. The summed E-state index contributed by atoms with van der Waals surface area (Å²) in [5, 5.41) is 9.06. The van der Waals surface area contributed by atoms with E-state index in [2.05, 4.69) is 0 Å². The molecule has 0 aliphatic carbocycles. The molecule has 0 saturated carbocycles. The Bertz CT molecular complexity index is 736. The molecule has 0 aliphatic heterocycles. The summed E-state index contributed by atoms with van der Waals surface area (Å²) in [4.78, 5) is 0.0277. The van der Waals surface area contributed by atoms with Gasteiger partial charge >= 0.3 is 0 Å². The molecule has 0 amide bonds. The highest BCUT2D eigenvalue weighted by Gasteiger charge is 2.28. The highest BCUT2D eigenvalue weighted by molar-refractivity contribution is 7.92. The van der Waals surface area contributed by atoms with Crippen LogP contribution >= 0.6 is 0 Å². The molecule has 6 nitrogen and oxygen atoms in total. The van der Waals surface area contributed by atoms with Crippen LogP contribution in [0.3, 0.4) is 0 Å². The molecule has 7 heteroatoms. The molecule has 0 atom stereocenters. The van der Waals surface area contributed by atoms with Crippen LogP contribution in [0.5, 0.6) is 5.75 Å². The van der Waals surface area contributed by atoms with E-state index in [0.29, 0.717) is 11.4 Å². The van der Waals surface area contributed by atoms with Crippen LogP contribution in [0.4, 0.5) is 5.69 Å². The molecule has 0 saturated heterocycles. The van der Waals surface area contributed by atoms with Crippen molar-refractivity contribution in [3.05, 3.63) is 41.9 Å². The second-order valence-electron chi connectivity index (χ2n) is 4.44. The number of aliphatic hydroxyl groups excluding tert-OH is 1. The summed E-state index contributed by atoms with van der Waals surface area (Å²) in [6.07, 6.45) is 0. The average Bonchev–Trinajstić information content (AvgIpc) is 2.88. The van der Waals surface area contributed by atoms with Crippen molar-refractivity contribution in [2.45, 2.75) is 18.4 Å². The number of hydrogen-bond donors (Lipinski definition) is 1. The summed E-state index contributed by atoms with van der Waals surface area (Å²) in [5.41, 5.74) is 0.422. The van der Waals surface area contributed by atoms with Crippen LogP contribution in [-0.4, -0.2) is 27.7 Å². The van der Waals surface area contributed by atoms with E-state index in [4.69, 9.17) is 14.3 Å². The maximum atomic E-state index is 12.7. The predicted octanol–water partition coefficient (Wildman–Crippen LogP) is 1.91. The van der Waals surface area contributed by atoms with E-state index in [0.717, 1.165) is 4.31 Å². The third kappa shape index (κ3) is 2.74. The summed E-state index contributed by atoms with van der Waals surface area (Å²) >= 11 is 0. The summed E-state index contributed by atoms with van der Waals surface area (Å²) in [5.74, 6) is 0.896. The quantitative estimate of drug-likeness (QED) is 0.912. The fourth-order valence-corrected chi connectivity index (χ4v) is 3.42. The van der Waals surface area contributed by atoms with Gasteiger partial charge in [-0.3, -0.25) is 4.31 Å². The molecule has 1 heterocycles. The van der Waals surface area contributed by atoms with Gasteiger partial charge in [-0.25, -0.2) is 8.42 Å². The fraction of sp³-hybridized carbons (Fsp3) is 0.286. The second-order valence-corrected chi connectivity index (χ2v) is 6.37. The van der Waals surface area contributed by atoms with Gasteiger partial charge in [-0.15, -0.1) is 0 Å². The molecular formula is C14H17NO5S. The lowest BCUT2D eigenvalue weighted by Gasteiger charge is -2.21. The van der Waals surface area contributed by atoms with Crippen LogP contribution in [0.2, 0.25) is 0 Å². The number of nitrogens with zero attached hydrogens (tertiary/aromatic N) is 1. The monoisotopic (exact) mass is 311 g/mol. The van der Waals surface area contributed by atoms with E-state index >= 15 is 0 Å². The SMILES string of the molecule is COc1ccccc1N(C)S(=O)(=O)c1cc(CO)oc1C. The standard InChI is InChI=1S/C14H17NO5S/c1-10-14(8-11(9-16)20-10)21(17,18)15(2)12-6-4-5-7-13(12)19-3/h4-8,16H,9H2,1-3H3. The largest absolute Gasteiger partial charge is 0.495 e. The van der Waals surface area contributed by atoms with E-state index < -0.39 is 10.0 Å². The van der Waals surface area contributed by atoms with Gasteiger partial charge in [-0.2, -0.15) is 0 Å². The van der Waals surface area contributed by atoms with Crippen molar-refractivity contribution in [3.63, 3.8) is 0 Å². The van der Waals surface area contributed by atoms with E-state index in [1.54, 1.807) is 31.2 Å². The molecule has 1 N–H and O–H groups in total. The summed E-state index contributed by atoms with van der Waals surface area (Å²) in [6.45, 7) is 1.19. The van der Waals surface area contributed by atoms with E-state index in [-0.39, 0.29) is 23.0 Å². The van der Waals surface area contributed by atoms with Crippen LogP contribution in [0.15, 0.2) is 39.6 Å². The van der Waals surface area contributed by atoms with Crippen molar-refractivity contribution in [2.75, 3.05) is 18.5 Å². The topological polar surface area (TPSA) is 80.0 Å². The van der Waals surface area contributed by atoms with Gasteiger partial charge in [0.25, 0.3) is 10.0 Å². The zero-order chi connectivity index (χ0) is 15.6. The van der Waals surface area contributed by atoms with E-state index in [9.17, 15) is 8.42 Å². The maximum Gasteiger partial charge on any atom is 0.267 e. The van der Waals surface area contributed by atoms with Crippen LogP contribution in [0, 0.1) is 6.92 Å². The van der Waals surface area contributed by atoms with Crippen molar-refractivity contribution >= 4 is 15.7 Å². The normalized spacial score (nSPS) is 11.4. The Morgan fingerprint density at radius 1 is 1.33 bits per heavy atom. The molecule has 0 radical (unpaired) electrons. The van der Waals surface area contributed by atoms with Gasteiger partial charge in [0, 0.05) is 13.1 Å². The van der Waals surface area contributed by atoms with Crippen LogP contribution in [-0.2, 0) is 16.6 Å². The second kappa shape index (κ2) is 5.79. The Morgan fingerprint density at radius 3 is 2.57 bits per heavy atom. The van der Waals surface area contributed by atoms with Gasteiger partial charge < -0.3 is 14.3 Å². The van der Waals surface area contributed by atoms with Gasteiger partial charge in [0.15, 0.2) is 0 Å². The van der Waals surface area contributed by atoms with Gasteiger partial charge in [0.1, 0.15) is 28.8 Å². The minimum atomic E-state index is -3.80. The van der Waals surface area contributed by atoms with E-state index in [1.807, 2.05) is 0 Å². The first-order valence-electron chi connectivity index (χ1n) is 6.24. The predicted molar refractivity (Wildman–Crippen MR) is 78.0 cm³/mol. The lowest BCUT2D eigenvalue weighted by Crippen LogP contribution is -2.27. The number of furan rings is 1. The third-order valence-corrected chi connectivity index (χ3v) is 5.02. The maximum absolute atomic E-state index is 12.7. The Morgan fingerprint density at radius 2 is 2.00 bits per heavy atom. The summed E-state index contributed by atoms with van der Waals surface area (Å²) in [6, 6.07) is 8.15. The highest BCUT2D eigenvalue weighted by atomic mass is 32.2. The number of rotatable bonds is 5.